The van der Waals surface area contributed by atoms with E-state index in [1.807, 2.05) is 13.8 Å². The molecule has 224 valence electrons. The standard InChI is InChI=1S/2C10H15.2C2H6S.F6P.2Fe.H2N/c2*1-6-7(2)9(4)10(5)8(6)3;2*1-2-3;1-7(2,3,4,5)6;;;/h2*1-5H3;2*3H,2H2,1H3;;;;1H2/q2*-1;;;-1;;;-1/p-2. The fourth-order valence-corrected chi connectivity index (χ4v) is 2.81. The Hall–Kier alpha value is 0.409. The van der Waals surface area contributed by atoms with Crippen LogP contribution in [0.1, 0.15) is 69.5 Å². The van der Waals surface area contributed by atoms with Crippen molar-refractivity contribution in [3.63, 3.8) is 0 Å². The van der Waals surface area contributed by atoms with Crippen molar-refractivity contribution in [2.45, 2.75) is 83.1 Å². The summed E-state index contributed by atoms with van der Waals surface area (Å²) in [5.74, 6) is 1.67. The molecule has 0 aliphatic heterocycles. The molecule has 0 fully saturated rings. The molecule has 2 aromatic rings. The Kier molecular flexibility index (Phi) is 25.6. The van der Waals surface area contributed by atoms with Gasteiger partial charge in [-0.2, -0.15) is 67.1 Å². The number of nitrogens with two attached hydrogens (primary N) is 1. The second-order valence-electron chi connectivity index (χ2n) is 7.79. The van der Waals surface area contributed by atoms with Gasteiger partial charge in [0.1, 0.15) is 0 Å². The summed E-state index contributed by atoms with van der Waals surface area (Å²) in [7, 11) is -10.7. The molecule has 0 bridgehead atoms. The minimum Gasteiger partial charge on any atom is -0.693 e. The molecular weight excluding hydrogens is 623 g/mol. The zero-order valence-corrected chi connectivity index (χ0v) is 28.0. The van der Waals surface area contributed by atoms with E-state index in [4.69, 9.17) is 0 Å². The van der Waals surface area contributed by atoms with Crippen molar-refractivity contribution in [2.75, 3.05) is 11.5 Å². The first-order valence-electron chi connectivity index (χ1n) is 10.5. The van der Waals surface area contributed by atoms with Gasteiger partial charge in [0.25, 0.3) is 0 Å². The van der Waals surface area contributed by atoms with E-state index in [2.05, 4.69) is 94.5 Å². The molecular formula is C24H42F6Fe2NPS2-6. The predicted molar refractivity (Wildman–Crippen MR) is 146 cm³/mol. The summed E-state index contributed by atoms with van der Waals surface area (Å²) < 4.78 is 59.2. The van der Waals surface area contributed by atoms with E-state index in [1.165, 1.54) is 55.6 Å². The van der Waals surface area contributed by atoms with Crippen LogP contribution in [0.15, 0.2) is 0 Å². The van der Waals surface area contributed by atoms with Crippen LogP contribution in [0.3, 0.4) is 0 Å². The summed E-state index contributed by atoms with van der Waals surface area (Å²) >= 11 is 8.79. The molecule has 0 spiro atoms. The van der Waals surface area contributed by atoms with Crippen LogP contribution in [0, 0.1) is 69.2 Å². The Morgan fingerprint density at radius 2 is 0.611 bits per heavy atom. The average molecular weight is 665 g/mol. The first-order chi connectivity index (χ1) is 14.4. The fraction of sp³-hybridized carbons (Fsp3) is 0.583. The van der Waals surface area contributed by atoms with E-state index in [0.29, 0.717) is 0 Å². The summed E-state index contributed by atoms with van der Waals surface area (Å²) in [5.41, 5.74) is 14.7. The monoisotopic (exact) mass is 665 g/mol. The van der Waals surface area contributed by atoms with Crippen LogP contribution >= 0.6 is 7.81 Å². The molecule has 0 amide bonds. The Morgan fingerprint density at radius 1 is 0.528 bits per heavy atom. The molecule has 0 aliphatic carbocycles. The van der Waals surface area contributed by atoms with Gasteiger partial charge in [0, 0.05) is 34.1 Å². The van der Waals surface area contributed by atoms with E-state index < -0.39 is 7.81 Å². The number of hydrogen-bond acceptors (Lipinski definition) is 2. The molecule has 2 N–H and O–H groups in total. The SMILES string of the molecule is CC[S-].CC[S-].Cc1c(C)c(C)[c-](C)c1C.Cc1c(C)c(C)[c-](C)c1C.F[P-](F)(F)(F)(F)F.[Fe].[Fe].[NH2-]. The maximum absolute atomic E-state index is 10.7. The molecule has 0 saturated heterocycles. The van der Waals surface area contributed by atoms with Crippen molar-refractivity contribution in [2.24, 2.45) is 0 Å². The molecule has 2 aromatic carbocycles. The number of hydrogen-bond donors (Lipinski definition) is 0. The number of halogens is 6. The summed E-state index contributed by atoms with van der Waals surface area (Å²) in [6, 6.07) is 0. The second kappa shape index (κ2) is 18.7. The van der Waals surface area contributed by atoms with Gasteiger partial charge in [-0.05, 0) is 0 Å². The van der Waals surface area contributed by atoms with Crippen LogP contribution in [0.2, 0.25) is 0 Å². The molecule has 0 unspecified atom stereocenters. The first-order valence-corrected chi connectivity index (χ1v) is 13.7. The van der Waals surface area contributed by atoms with E-state index in [-0.39, 0.29) is 40.3 Å². The molecule has 0 radical (unpaired) electrons. The first kappa shape index (κ1) is 49.4. The maximum atomic E-state index is 9.87. The van der Waals surface area contributed by atoms with E-state index >= 15 is 0 Å². The zero-order valence-electron chi connectivity index (χ0n) is 23.2. The molecule has 0 atom stereocenters. The van der Waals surface area contributed by atoms with Crippen LogP contribution in [-0.4, -0.2) is 11.5 Å². The maximum Gasteiger partial charge on any atom is 0 e. The Labute approximate surface area is 247 Å². The molecule has 0 saturated carbocycles. The molecule has 36 heavy (non-hydrogen) atoms. The third-order valence-corrected chi connectivity index (χ3v) is 5.62. The van der Waals surface area contributed by atoms with Gasteiger partial charge in [-0.15, -0.1) is 0 Å². The van der Waals surface area contributed by atoms with Gasteiger partial charge in [-0.25, -0.2) is 0 Å². The van der Waals surface area contributed by atoms with E-state index in [1.54, 1.807) is 0 Å². The third-order valence-electron chi connectivity index (χ3n) is 5.62. The van der Waals surface area contributed by atoms with Crippen molar-refractivity contribution in [3.8, 4) is 0 Å². The van der Waals surface area contributed by atoms with Crippen molar-refractivity contribution in [1.82, 2.24) is 0 Å². The third kappa shape index (κ3) is 23.5. The van der Waals surface area contributed by atoms with E-state index in [0.717, 1.165) is 11.5 Å². The van der Waals surface area contributed by atoms with Crippen LogP contribution in [0.4, 0.5) is 25.2 Å². The molecule has 0 aromatic heterocycles. The summed E-state index contributed by atoms with van der Waals surface area (Å²) in [5, 5.41) is 0. The molecule has 0 aliphatic rings. The predicted octanol–water partition coefficient (Wildman–Crippen LogP) is 11.1. The summed E-state index contributed by atoms with van der Waals surface area (Å²) in [6.45, 7) is 25.9. The van der Waals surface area contributed by atoms with Gasteiger partial charge in [0.15, 0.2) is 0 Å². The van der Waals surface area contributed by atoms with Crippen molar-refractivity contribution >= 4 is 33.1 Å². The van der Waals surface area contributed by atoms with Gasteiger partial charge in [0.05, 0.1) is 0 Å². The average Bonchev–Trinajstić information content (AvgIpc) is 2.91. The smallest absolute Gasteiger partial charge is 0 e. The molecule has 1 nitrogen and oxygen atoms in total. The Morgan fingerprint density at radius 3 is 0.639 bits per heavy atom. The van der Waals surface area contributed by atoms with Crippen molar-refractivity contribution in [3.05, 3.63) is 61.8 Å². The fourth-order valence-electron chi connectivity index (χ4n) is 2.81. The van der Waals surface area contributed by atoms with Crippen LogP contribution < -0.4 is 0 Å². The van der Waals surface area contributed by atoms with Gasteiger partial charge in [-0.1, -0.05) is 83.1 Å². The minimum atomic E-state index is -10.7. The van der Waals surface area contributed by atoms with Gasteiger partial charge < -0.3 is 31.4 Å². The zero-order chi connectivity index (χ0) is 27.6. The Bertz CT molecular complexity index is 648. The molecule has 0 heterocycles. The van der Waals surface area contributed by atoms with Crippen LogP contribution in [0.25, 0.3) is 6.15 Å². The number of rotatable bonds is 0. The molecule has 2 rings (SSSR count). The van der Waals surface area contributed by atoms with Gasteiger partial charge in [0.2, 0.25) is 0 Å². The van der Waals surface area contributed by atoms with Crippen LogP contribution in [0.5, 0.6) is 0 Å². The van der Waals surface area contributed by atoms with Crippen LogP contribution in [-0.2, 0) is 59.4 Å². The largest absolute Gasteiger partial charge is 0.693 e. The summed E-state index contributed by atoms with van der Waals surface area (Å²) in [4.78, 5) is 0. The molecule has 12 heteroatoms. The van der Waals surface area contributed by atoms with Crippen molar-refractivity contribution in [1.29, 1.82) is 0 Å². The Balaban J connectivity index is -0.0000000823. The second-order valence-corrected chi connectivity index (χ2v) is 10.9. The van der Waals surface area contributed by atoms with Crippen molar-refractivity contribution < 1.29 is 59.3 Å². The minimum absolute atomic E-state index is 0. The van der Waals surface area contributed by atoms with Gasteiger partial charge in [-0.3, -0.25) is 0 Å². The quantitative estimate of drug-likeness (QED) is 0.0923. The summed E-state index contributed by atoms with van der Waals surface area (Å²) in [6.07, 6.45) is 0. The topological polar surface area (TPSA) is 33.5 Å². The van der Waals surface area contributed by atoms with Gasteiger partial charge >= 0.3 is 33.0 Å². The van der Waals surface area contributed by atoms with E-state index in [9.17, 15) is 25.2 Å². The normalized spacial score (nSPS) is 11.3.